The number of carboxylic acid groups (broad SMARTS) is 1. The third-order valence-corrected chi connectivity index (χ3v) is 12.3. The maximum atomic E-state index is 13.7. The zero-order valence-electron chi connectivity index (χ0n) is 11.3. The van der Waals surface area contributed by atoms with Crippen molar-refractivity contribution < 1.29 is 28.2 Å². The third-order valence-electron chi connectivity index (χ3n) is 2.77. The number of esters is 1. The van der Waals surface area contributed by atoms with E-state index < -0.39 is 23.5 Å². The van der Waals surface area contributed by atoms with E-state index in [1.54, 1.807) is 0 Å². The van der Waals surface area contributed by atoms with E-state index in [0.717, 1.165) is 24.6 Å². The molecule has 0 bridgehead atoms. The molecule has 0 unspecified atom stereocenters. The minimum Gasteiger partial charge on any atom is -0.544 e. The van der Waals surface area contributed by atoms with Crippen molar-refractivity contribution in [2.24, 2.45) is 0 Å². The van der Waals surface area contributed by atoms with Gasteiger partial charge < -0.3 is 14.6 Å². The number of ether oxygens (including phenoxy) is 1. The number of rotatable bonds is 4. The second-order valence-electron chi connectivity index (χ2n) is 4.71. The molecule has 0 saturated carbocycles. The minimum atomic E-state index is -4.32. The van der Waals surface area contributed by atoms with Crippen molar-refractivity contribution in [2.45, 2.75) is 25.4 Å². The van der Waals surface area contributed by atoms with Gasteiger partial charge in [-0.2, -0.15) is 8.78 Å². The number of carbonyl (C=O) groups excluding carboxylic acids is 2. The molecule has 11 heteroatoms. The largest absolute Gasteiger partial charge is 0.544 e. The van der Waals surface area contributed by atoms with Crippen LogP contribution in [0.5, 0.6) is 0 Å². The molecule has 0 fully saturated rings. The number of hydrogen-bond acceptors (Lipinski definition) is 4. The van der Waals surface area contributed by atoms with Gasteiger partial charge in [0.25, 0.3) is 0 Å². The van der Waals surface area contributed by atoms with Crippen molar-refractivity contribution in [1.82, 2.24) is 0 Å². The molecular weight excluding hydrogens is 881 g/mol. The van der Waals surface area contributed by atoms with Crippen LogP contribution in [0, 0.1) is 17.9 Å². The van der Waals surface area contributed by atoms with Crippen LogP contribution in [-0.4, -0.2) is 23.5 Å². The van der Waals surface area contributed by atoms with Gasteiger partial charge in [0.15, 0.2) is 5.60 Å². The van der Waals surface area contributed by atoms with Crippen LogP contribution in [0.25, 0.3) is 0 Å². The predicted molar refractivity (Wildman–Crippen MR) is 119 cm³/mol. The van der Waals surface area contributed by atoms with Crippen molar-refractivity contribution in [3.8, 4) is 0 Å². The molecular formula is C12H6F2I5O4-. The highest BCUT2D eigenvalue weighted by Crippen LogP contribution is 2.37. The Balaban J connectivity index is 3.36. The maximum Gasteiger partial charge on any atom is 0.341 e. The standard InChI is InChI=1S/C12H7F2I5O4/c1-11(2,12(13,14)10(21)22)23-9(20)3-4(15)6(17)8(19)7(18)5(3)16/h1-2H3,(H,21,22)/p-1. The molecule has 0 saturated heterocycles. The van der Waals surface area contributed by atoms with E-state index in [4.69, 9.17) is 4.74 Å². The highest BCUT2D eigenvalue weighted by atomic mass is 127. The van der Waals surface area contributed by atoms with E-state index in [1.807, 2.05) is 45.2 Å². The van der Waals surface area contributed by atoms with Crippen molar-refractivity contribution in [1.29, 1.82) is 0 Å². The van der Waals surface area contributed by atoms with Crippen LogP contribution >= 0.6 is 113 Å². The molecule has 1 aromatic carbocycles. The Kier molecular flexibility index (Phi) is 8.03. The molecule has 128 valence electrons. The van der Waals surface area contributed by atoms with Crippen LogP contribution in [0.4, 0.5) is 8.78 Å². The third kappa shape index (κ3) is 4.51. The Labute approximate surface area is 198 Å². The van der Waals surface area contributed by atoms with E-state index >= 15 is 0 Å². The van der Waals surface area contributed by atoms with Crippen LogP contribution in [0.15, 0.2) is 0 Å². The van der Waals surface area contributed by atoms with Crippen LogP contribution in [-0.2, 0) is 9.53 Å². The monoisotopic (exact) mass is 887 g/mol. The zero-order valence-corrected chi connectivity index (χ0v) is 22.1. The van der Waals surface area contributed by atoms with Gasteiger partial charge >= 0.3 is 11.9 Å². The van der Waals surface area contributed by atoms with E-state index in [2.05, 4.69) is 67.8 Å². The van der Waals surface area contributed by atoms with Gasteiger partial charge in [-0.05, 0) is 127 Å². The van der Waals surface area contributed by atoms with Gasteiger partial charge in [-0.15, -0.1) is 0 Å². The summed E-state index contributed by atoms with van der Waals surface area (Å²) >= 11 is 10.1. The molecule has 0 N–H and O–H groups in total. The van der Waals surface area contributed by atoms with E-state index in [1.165, 1.54) is 0 Å². The molecule has 0 spiro atoms. The summed E-state index contributed by atoms with van der Waals surface area (Å²) in [6.45, 7) is 1.67. The first kappa shape index (κ1) is 22.7. The molecule has 0 heterocycles. The van der Waals surface area contributed by atoms with E-state index in [-0.39, 0.29) is 5.56 Å². The van der Waals surface area contributed by atoms with Crippen LogP contribution < -0.4 is 5.11 Å². The fourth-order valence-corrected chi connectivity index (χ4v) is 6.58. The summed E-state index contributed by atoms with van der Waals surface area (Å²) in [4.78, 5) is 23.0. The number of alkyl halides is 2. The van der Waals surface area contributed by atoms with Gasteiger partial charge in [-0.25, -0.2) is 4.79 Å². The van der Waals surface area contributed by atoms with Gasteiger partial charge in [0.1, 0.15) is 5.97 Å². The molecule has 4 nitrogen and oxygen atoms in total. The Hall–Kier alpha value is 1.67. The number of halogens is 7. The maximum absolute atomic E-state index is 13.7. The lowest BCUT2D eigenvalue weighted by Gasteiger charge is -2.34. The first-order chi connectivity index (χ1) is 10.3. The van der Waals surface area contributed by atoms with E-state index in [9.17, 15) is 23.5 Å². The fourth-order valence-electron chi connectivity index (χ4n) is 1.38. The molecule has 1 aromatic rings. The predicted octanol–water partition coefficient (Wildman–Crippen LogP) is 4.03. The summed E-state index contributed by atoms with van der Waals surface area (Å²) < 4.78 is 35.8. The summed E-state index contributed by atoms with van der Waals surface area (Å²) in [7, 11) is 0. The summed E-state index contributed by atoms with van der Waals surface area (Å²) in [5.74, 6) is -7.91. The highest BCUT2D eigenvalue weighted by Gasteiger charge is 2.52. The van der Waals surface area contributed by atoms with Crippen molar-refractivity contribution in [3.05, 3.63) is 23.4 Å². The normalized spacial score (nSPS) is 12.2. The molecule has 0 aliphatic carbocycles. The first-order valence-electron chi connectivity index (χ1n) is 5.59. The molecule has 0 atom stereocenters. The lowest BCUT2D eigenvalue weighted by molar-refractivity contribution is -0.341. The van der Waals surface area contributed by atoms with Crippen molar-refractivity contribution >= 4 is 125 Å². The molecule has 23 heavy (non-hydrogen) atoms. The van der Waals surface area contributed by atoms with Gasteiger partial charge in [0.2, 0.25) is 0 Å². The molecule has 0 amide bonds. The Morgan fingerprint density at radius 1 is 0.913 bits per heavy atom. The van der Waals surface area contributed by atoms with Crippen molar-refractivity contribution in [2.75, 3.05) is 0 Å². The van der Waals surface area contributed by atoms with Gasteiger partial charge in [-0.1, -0.05) is 0 Å². The second kappa shape index (κ2) is 8.13. The Morgan fingerprint density at radius 3 is 1.61 bits per heavy atom. The summed E-state index contributed by atoms with van der Waals surface area (Å²) in [6.07, 6.45) is 0. The number of aliphatic carboxylic acids is 1. The lowest BCUT2D eigenvalue weighted by atomic mass is 10.0. The van der Waals surface area contributed by atoms with Gasteiger partial charge in [0.05, 0.1) is 5.56 Å². The average Bonchev–Trinajstić information content (AvgIpc) is 2.42. The van der Waals surface area contributed by atoms with Crippen molar-refractivity contribution in [3.63, 3.8) is 0 Å². The Bertz CT molecular complexity index is 662. The SMILES string of the molecule is CC(C)(OC(=O)c1c(I)c(I)c(I)c(I)c1I)C(F)(F)C(=O)[O-]. The van der Waals surface area contributed by atoms with Crippen LogP contribution in [0.2, 0.25) is 0 Å². The summed E-state index contributed by atoms with van der Waals surface area (Å²) in [5.41, 5.74) is -2.41. The van der Waals surface area contributed by atoms with Gasteiger partial charge in [-0.3, -0.25) is 0 Å². The molecule has 0 radical (unpaired) electrons. The molecule has 0 aromatic heterocycles. The number of carboxylic acids is 1. The zero-order chi connectivity index (χ0) is 18.3. The average molecular weight is 887 g/mol. The summed E-state index contributed by atoms with van der Waals surface area (Å²) in [5, 5.41) is 10.6. The quantitative estimate of drug-likeness (QED) is 0.199. The Morgan fingerprint density at radius 2 is 1.26 bits per heavy atom. The van der Waals surface area contributed by atoms with E-state index in [0.29, 0.717) is 7.14 Å². The minimum absolute atomic E-state index is 0.141. The van der Waals surface area contributed by atoms with Gasteiger partial charge in [0, 0.05) is 17.9 Å². The molecule has 1 rings (SSSR count). The number of carbonyl (C=O) groups is 2. The summed E-state index contributed by atoms with van der Waals surface area (Å²) in [6, 6.07) is 0. The fraction of sp³-hybridized carbons (Fsp3) is 0.333. The highest BCUT2D eigenvalue weighted by molar-refractivity contribution is 14.1. The van der Waals surface area contributed by atoms with Crippen LogP contribution in [0.1, 0.15) is 24.2 Å². The lowest BCUT2D eigenvalue weighted by Crippen LogP contribution is -2.57. The number of benzene rings is 1. The molecule has 0 aliphatic rings. The number of hydrogen-bond donors (Lipinski definition) is 0. The smallest absolute Gasteiger partial charge is 0.341 e. The molecule has 0 aliphatic heterocycles. The first-order valence-corrected chi connectivity index (χ1v) is 11.0. The van der Waals surface area contributed by atoms with Crippen LogP contribution in [0.3, 0.4) is 0 Å². The topological polar surface area (TPSA) is 66.4 Å². The second-order valence-corrected chi connectivity index (χ2v) is 10.1.